The van der Waals surface area contributed by atoms with Gasteiger partial charge in [0.2, 0.25) is 0 Å². The number of hydrogen-bond donors (Lipinski definition) is 1. The van der Waals surface area contributed by atoms with Crippen molar-refractivity contribution in [3.63, 3.8) is 0 Å². The van der Waals surface area contributed by atoms with Gasteiger partial charge in [0.25, 0.3) is 0 Å². The Morgan fingerprint density at radius 3 is 2.65 bits per heavy atom. The molecule has 0 aliphatic carbocycles. The lowest BCUT2D eigenvalue weighted by Gasteiger charge is -2.10. The van der Waals surface area contributed by atoms with Crippen molar-refractivity contribution in [3.05, 3.63) is 96.2 Å². The van der Waals surface area contributed by atoms with Crippen molar-refractivity contribution in [3.8, 4) is 11.3 Å². The molecule has 0 saturated carbocycles. The maximum atomic E-state index is 15.2. The van der Waals surface area contributed by atoms with Crippen molar-refractivity contribution in [2.75, 3.05) is 5.32 Å². The van der Waals surface area contributed by atoms with Crippen LogP contribution in [-0.4, -0.2) is 21.2 Å². The third-order valence-electron chi connectivity index (χ3n) is 5.19. The molecule has 0 atom stereocenters. The minimum Gasteiger partial charge on any atom is -0.363 e. The van der Waals surface area contributed by atoms with Gasteiger partial charge in [0, 0.05) is 29.3 Å². The molecule has 5 rings (SSSR count). The zero-order valence-corrected chi connectivity index (χ0v) is 16.4. The molecular weight excluding hydrogens is 391 g/mol. The normalized spacial score (nSPS) is 11.0. The van der Waals surface area contributed by atoms with E-state index in [2.05, 4.69) is 20.3 Å². The third kappa shape index (κ3) is 3.71. The fraction of sp³-hybridized carbons (Fsp3) is 0.0400. The van der Waals surface area contributed by atoms with Gasteiger partial charge in [0.1, 0.15) is 18.3 Å². The molecule has 3 aromatic carbocycles. The number of hydrogen-bond acceptors (Lipinski definition) is 5. The van der Waals surface area contributed by atoms with E-state index in [0.717, 1.165) is 33.5 Å². The molecule has 0 fully saturated rings. The number of aldehydes is 1. The first-order valence-electron chi connectivity index (χ1n) is 9.79. The second-order valence-electron chi connectivity index (χ2n) is 7.21. The van der Waals surface area contributed by atoms with Gasteiger partial charge in [0.05, 0.1) is 5.52 Å². The van der Waals surface area contributed by atoms with Crippen LogP contribution in [-0.2, 0) is 6.54 Å². The highest BCUT2D eigenvalue weighted by molar-refractivity contribution is 5.89. The Labute approximate surface area is 177 Å². The van der Waals surface area contributed by atoms with Crippen LogP contribution in [0.1, 0.15) is 15.9 Å². The van der Waals surface area contributed by atoms with Crippen LogP contribution in [0, 0.1) is 5.82 Å². The van der Waals surface area contributed by atoms with E-state index in [4.69, 9.17) is 0 Å². The number of anilines is 1. The van der Waals surface area contributed by atoms with E-state index in [0.29, 0.717) is 17.7 Å². The zero-order chi connectivity index (χ0) is 21.2. The number of rotatable bonds is 5. The predicted molar refractivity (Wildman–Crippen MR) is 119 cm³/mol. The fourth-order valence-electron chi connectivity index (χ4n) is 3.60. The molecule has 0 aliphatic rings. The first-order valence-corrected chi connectivity index (χ1v) is 9.79. The van der Waals surface area contributed by atoms with E-state index in [9.17, 15) is 4.79 Å². The standard InChI is InChI=1S/C25H17FN4O/c26-23-24(21-7-8-22-20(12-21)2-1-9-27-22)29-15-30-25(23)28-13-16-3-5-19-11-17(14-31)4-6-18(19)10-16/h1-12,14-15H,13H2,(H,28,29,30). The number of nitrogens with zero attached hydrogens (tertiary/aromatic N) is 3. The molecular formula is C25H17FN4O. The van der Waals surface area contributed by atoms with Gasteiger partial charge in [-0.1, -0.05) is 36.4 Å². The SMILES string of the molecule is O=Cc1ccc2cc(CNc3ncnc(-c4ccc5ncccc5c4)c3F)ccc2c1. The molecule has 0 radical (unpaired) electrons. The monoisotopic (exact) mass is 408 g/mol. The summed E-state index contributed by atoms with van der Waals surface area (Å²) in [6, 6.07) is 20.7. The van der Waals surface area contributed by atoms with E-state index in [1.165, 1.54) is 6.33 Å². The van der Waals surface area contributed by atoms with Crippen LogP contribution < -0.4 is 5.32 Å². The number of aromatic nitrogens is 3. The maximum Gasteiger partial charge on any atom is 0.191 e. The van der Waals surface area contributed by atoms with E-state index in [-0.39, 0.29) is 11.5 Å². The number of benzene rings is 3. The largest absolute Gasteiger partial charge is 0.363 e. The Morgan fingerprint density at radius 1 is 0.871 bits per heavy atom. The van der Waals surface area contributed by atoms with Crippen molar-refractivity contribution in [2.24, 2.45) is 0 Å². The molecule has 2 aromatic heterocycles. The summed E-state index contributed by atoms with van der Waals surface area (Å²) in [6.45, 7) is 0.403. The van der Waals surface area contributed by atoms with Crippen molar-refractivity contribution < 1.29 is 9.18 Å². The molecule has 5 aromatic rings. The Balaban J connectivity index is 1.41. The summed E-state index contributed by atoms with van der Waals surface area (Å²) in [6.07, 6.45) is 3.91. The molecule has 150 valence electrons. The van der Waals surface area contributed by atoms with E-state index in [1.54, 1.807) is 18.3 Å². The van der Waals surface area contributed by atoms with Crippen LogP contribution in [0.5, 0.6) is 0 Å². The van der Waals surface area contributed by atoms with Gasteiger partial charge in [-0.25, -0.2) is 14.4 Å². The first-order chi connectivity index (χ1) is 15.2. The molecule has 6 heteroatoms. The first kappa shape index (κ1) is 18.8. The second kappa shape index (κ2) is 7.91. The summed E-state index contributed by atoms with van der Waals surface area (Å²) in [5.41, 5.74) is 3.36. The minimum atomic E-state index is -0.498. The van der Waals surface area contributed by atoms with Crippen LogP contribution in [0.15, 0.2) is 79.3 Å². The number of fused-ring (bicyclic) bond motifs is 2. The van der Waals surface area contributed by atoms with E-state index < -0.39 is 5.82 Å². The molecule has 2 heterocycles. The van der Waals surface area contributed by atoms with Gasteiger partial charge in [-0.05, 0) is 46.7 Å². The predicted octanol–water partition coefficient (Wildman–Crippen LogP) is 5.41. The molecule has 0 spiro atoms. The fourth-order valence-corrected chi connectivity index (χ4v) is 3.60. The summed E-state index contributed by atoms with van der Waals surface area (Å²) in [4.78, 5) is 23.5. The van der Waals surface area contributed by atoms with E-state index >= 15 is 4.39 Å². The highest BCUT2D eigenvalue weighted by atomic mass is 19.1. The average molecular weight is 408 g/mol. The lowest BCUT2D eigenvalue weighted by Crippen LogP contribution is -2.05. The molecule has 0 aliphatic heterocycles. The van der Waals surface area contributed by atoms with Crippen molar-refractivity contribution >= 4 is 33.8 Å². The van der Waals surface area contributed by atoms with Gasteiger partial charge >= 0.3 is 0 Å². The lowest BCUT2D eigenvalue weighted by atomic mass is 10.0. The average Bonchev–Trinajstić information content (AvgIpc) is 2.82. The van der Waals surface area contributed by atoms with Gasteiger partial charge in [-0.3, -0.25) is 9.78 Å². The Morgan fingerprint density at radius 2 is 1.74 bits per heavy atom. The highest BCUT2D eigenvalue weighted by Crippen LogP contribution is 2.27. The van der Waals surface area contributed by atoms with Crippen LogP contribution in [0.25, 0.3) is 32.9 Å². The minimum absolute atomic E-state index is 0.146. The van der Waals surface area contributed by atoms with Crippen molar-refractivity contribution in [2.45, 2.75) is 6.54 Å². The van der Waals surface area contributed by atoms with Crippen molar-refractivity contribution in [1.29, 1.82) is 0 Å². The molecule has 1 N–H and O–H groups in total. The third-order valence-corrected chi connectivity index (χ3v) is 5.19. The van der Waals surface area contributed by atoms with Gasteiger partial charge in [0.15, 0.2) is 11.6 Å². The summed E-state index contributed by atoms with van der Waals surface area (Å²) >= 11 is 0. The summed E-state index contributed by atoms with van der Waals surface area (Å²) in [5, 5.41) is 5.98. The van der Waals surface area contributed by atoms with Crippen LogP contribution in [0.4, 0.5) is 10.2 Å². The summed E-state index contributed by atoms with van der Waals surface area (Å²) in [5.74, 6) is -0.352. The number of halogens is 1. The Bertz CT molecular complexity index is 1430. The van der Waals surface area contributed by atoms with Crippen LogP contribution in [0.3, 0.4) is 0 Å². The Hall–Kier alpha value is -4.19. The highest BCUT2D eigenvalue weighted by Gasteiger charge is 2.13. The number of nitrogens with one attached hydrogen (secondary N) is 1. The molecule has 0 bridgehead atoms. The van der Waals surface area contributed by atoms with Crippen LogP contribution in [0.2, 0.25) is 0 Å². The van der Waals surface area contributed by atoms with Gasteiger partial charge < -0.3 is 5.32 Å². The molecule has 0 unspecified atom stereocenters. The molecule has 0 amide bonds. The maximum absolute atomic E-state index is 15.2. The molecule has 31 heavy (non-hydrogen) atoms. The lowest BCUT2D eigenvalue weighted by molar-refractivity contribution is 0.112. The second-order valence-corrected chi connectivity index (χ2v) is 7.21. The summed E-state index contributed by atoms with van der Waals surface area (Å²) in [7, 11) is 0. The topological polar surface area (TPSA) is 67.8 Å². The van der Waals surface area contributed by atoms with Gasteiger partial charge in [-0.15, -0.1) is 0 Å². The van der Waals surface area contributed by atoms with E-state index in [1.807, 2.05) is 54.6 Å². The molecule has 0 saturated heterocycles. The zero-order valence-electron chi connectivity index (χ0n) is 16.4. The number of pyridine rings is 1. The smallest absolute Gasteiger partial charge is 0.191 e. The summed E-state index contributed by atoms with van der Waals surface area (Å²) < 4.78 is 15.2. The number of carbonyl (C=O) groups is 1. The number of carbonyl (C=O) groups excluding carboxylic acids is 1. The van der Waals surface area contributed by atoms with Crippen molar-refractivity contribution in [1.82, 2.24) is 15.0 Å². The quantitative estimate of drug-likeness (QED) is 0.394. The van der Waals surface area contributed by atoms with Gasteiger partial charge in [-0.2, -0.15) is 0 Å². The van der Waals surface area contributed by atoms with Crippen LogP contribution >= 0.6 is 0 Å². The molecule has 5 nitrogen and oxygen atoms in total. The Kier molecular flexibility index (Phi) is 4.80.